The molecule has 0 aliphatic heterocycles. The highest BCUT2D eigenvalue weighted by molar-refractivity contribution is 5.80. The van der Waals surface area contributed by atoms with Crippen LogP contribution in [-0.4, -0.2) is 18.0 Å². The van der Waals surface area contributed by atoms with E-state index in [1.54, 1.807) is 0 Å². The minimum absolute atomic E-state index is 0.243. The molecule has 0 aromatic heterocycles. The lowest BCUT2D eigenvalue weighted by molar-refractivity contribution is -0.151. The normalized spacial score (nSPS) is 44.4. The second-order valence-corrected chi connectivity index (χ2v) is 10.7. The van der Waals surface area contributed by atoms with Crippen molar-refractivity contribution >= 4 is 5.91 Å². The Morgan fingerprint density at radius 3 is 2.29 bits per heavy atom. The lowest BCUT2D eigenvalue weighted by Crippen LogP contribution is -2.61. The molecule has 5 aliphatic carbocycles. The third kappa shape index (κ3) is 3.01. The van der Waals surface area contributed by atoms with E-state index < -0.39 is 0 Å². The fourth-order valence-corrected chi connectivity index (χ4v) is 7.86. The zero-order valence-electron chi connectivity index (χ0n) is 17.3. The van der Waals surface area contributed by atoms with Gasteiger partial charge >= 0.3 is 0 Å². The highest BCUT2D eigenvalue weighted by Gasteiger charge is 2.62. The standard InChI is InChI=1S/C25H36N2O/c1-2-24-12-17-14-25(16-24,19-6-4-3-5-7-19)15-18(13-24)22(17)23(28)27-21-10-8-20(26)9-11-21/h3-7,17-18,20-22H,2,8-16,26H2,1H3,(H,27,28)/t17?,18?,20-,21-,22?,24?,25?. The first kappa shape index (κ1) is 18.7. The summed E-state index contributed by atoms with van der Waals surface area (Å²) in [6, 6.07) is 11.9. The summed E-state index contributed by atoms with van der Waals surface area (Å²) in [5, 5.41) is 3.46. The predicted molar refractivity (Wildman–Crippen MR) is 113 cm³/mol. The fraction of sp³-hybridized carbons (Fsp3) is 0.720. The van der Waals surface area contributed by atoms with Crippen LogP contribution < -0.4 is 11.1 Å². The number of carbonyl (C=O) groups excluding carboxylic acids is 1. The van der Waals surface area contributed by atoms with E-state index in [4.69, 9.17) is 5.73 Å². The Kier molecular flexibility index (Phi) is 4.58. The first-order chi connectivity index (χ1) is 13.5. The highest BCUT2D eigenvalue weighted by atomic mass is 16.2. The molecular weight excluding hydrogens is 344 g/mol. The van der Waals surface area contributed by atoms with Crippen LogP contribution in [-0.2, 0) is 10.2 Å². The first-order valence-electron chi connectivity index (χ1n) is 11.6. The van der Waals surface area contributed by atoms with Gasteiger partial charge in [0.2, 0.25) is 5.91 Å². The summed E-state index contributed by atoms with van der Waals surface area (Å²) in [4.78, 5) is 13.4. The molecule has 0 heterocycles. The van der Waals surface area contributed by atoms with Crippen molar-refractivity contribution in [2.75, 3.05) is 0 Å². The molecule has 0 radical (unpaired) electrons. The second-order valence-electron chi connectivity index (χ2n) is 10.7. The number of nitrogens with one attached hydrogen (secondary N) is 1. The number of amides is 1. The van der Waals surface area contributed by atoms with Gasteiger partial charge in [0.05, 0.1) is 0 Å². The quantitative estimate of drug-likeness (QED) is 0.805. The van der Waals surface area contributed by atoms with Gasteiger partial charge in [0.1, 0.15) is 0 Å². The van der Waals surface area contributed by atoms with E-state index in [9.17, 15) is 4.79 Å². The van der Waals surface area contributed by atoms with Crippen molar-refractivity contribution < 1.29 is 4.79 Å². The molecule has 6 rings (SSSR count). The fourth-order valence-electron chi connectivity index (χ4n) is 7.86. The monoisotopic (exact) mass is 380 g/mol. The average Bonchev–Trinajstić information content (AvgIpc) is 2.70. The van der Waals surface area contributed by atoms with Crippen LogP contribution in [0.25, 0.3) is 0 Å². The minimum atomic E-state index is 0.243. The second kappa shape index (κ2) is 6.86. The Morgan fingerprint density at radius 1 is 1.04 bits per heavy atom. The molecule has 4 bridgehead atoms. The summed E-state index contributed by atoms with van der Waals surface area (Å²) >= 11 is 0. The van der Waals surface area contributed by atoms with E-state index in [1.165, 1.54) is 44.1 Å². The van der Waals surface area contributed by atoms with Crippen LogP contribution in [0.4, 0.5) is 0 Å². The van der Waals surface area contributed by atoms with Crippen LogP contribution in [0.2, 0.25) is 0 Å². The van der Waals surface area contributed by atoms with Crippen molar-refractivity contribution in [1.29, 1.82) is 0 Å². The maximum absolute atomic E-state index is 13.4. The molecule has 1 aromatic carbocycles. The van der Waals surface area contributed by atoms with Crippen LogP contribution in [0.5, 0.6) is 0 Å². The van der Waals surface area contributed by atoms with Gasteiger partial charge in [-0.1, -0.05) is 43.7 Å². The Hall–Kier alpha value is -1.35. The molecule has 152 valence electrons. The molecule has 2 unspecified atom stereocenters. The van der Waals surface area contributed by atoms with Crippen LogP contribution in [0.1, 0.15) is 76.7 Å². The van der Waals surface area contributed by atoms with E-state index in [0.29, 0.717) is 40.7 Å². The predicted octanol–water partition coefficient (Wildman–Crippen LogP) is 4.55. The summed E-state index contributed by atoms with van der Waals surface area (Å²) in [6.07, 6.45) is 11.8. The maximum atomic E-state index is 13.4. The van der Waals surface area contributed by atoms with Crippen molar-refractivity contribution in [1.82, 2.24) is 5.32 Å². The smallest absolute Gasteiger partial charge is 0.223 e. The molecule has 1 amide bonds. The van der Waals surface area contributed by atoms with Crippen LogP contribution in [0.15, 0.2) is 30.3 Å². The Morgan fingerprint density at radius 2 is 1.68 bits per heavy atom. The molecule has 5 aliphatic rings. The third-order valence-corrected chi connectivity index (χ3v) is 8.98. The molecule has 0 spiro atoms. The van der Waals surface area contributed by atoms with Gasteiger partial charge in [-0.2, -0.15) is 0 Å². The molecular formula is C25H36N2O. The van der Waals surface area contributed by atoms with Crippen LogP contribution >= 0.6 is 0 Å². The number of rotatable bonds is 4. The van der Waals surface area contributed by atoms with Gasteiger partial charge in [0.25, 0.3) is 0 Å². The van der Waals surface area contributed by atoms with E-state index in [-0.39, 0.29) is 5.92 Å². The molecule has 5 saturated carbocycles. The van der Waals surface area contributed by atoms with Gasteiger partial charge in [-0.15, -0.1) is 0 Å². The highest BCUT2D eigenvalue weighted by Crippen LogP contribution is 2.68. The van der Waals surface area contributed by atoms with E-state index in [2.05, 4.69) is 42.6 Å². The number of hydrogen-bond acceptors (Lipinski definition) is 2. The Balaban J connectivity index is 1.37. The number of carbonyl (C=O) groups is 1. The van der Waals surface area contributed by atoms with Gasteiger partial charge in [-0.05, 0) is 86.0 Å². The lowest BCUT2D eigenvalue weighted by Gasteiger charge is -2.65. The molecule has 3 nitrogen and oxygen atoms in total. The van der Waals surface area contributed by atoms with Gasteiger partial charge in [-0.3, -0.25) is 4.79 Å². The zero-order chi connectivity index (χ0) is 19.4. The minimum Gasteiger partial charge on any atom is -0.353 e. The third-order valence-electron chi connectivity index (χ3n) is 8.98. The van der Waals surface area contributed by atoms with Gasteiger partial charge < -0.3 is 11.1 Å². The first-order valence-corrected chi connectivity index (χ1v) is 11.6. The maximum Gasteiger partial charge on any atom is 0.223 e. The topological polar surface area (TPSA) is 55.1 Å². The summed E-state index contributed by atoms with van der Waals surface area (Å²) in [6.45, 7) is 2.38. The number of hydrogen-bond donors (Lipinski definition) is 2. The molecule has 2 atom stereocenters. The summed E-state index contributed by atoms with van der Waals surface area (Å²) in [5.74, 6) is 1.73. The van der Waals surface area contributed by atoms with Gasteiger partial charge in [0.15, 0.2) is 0 Å². The summed E-state index contributed by atoms with van der Waals surface area (Å²) < 4.78 is 0. The van der Waals surface area contributed by atoms with Crippen LogP contribution in [0.3, 0.4) is 0 Å². The molecule has 5 fully saturated rings. The molecule has 1 aromatic rings. The molecule has 3 N–H and O–H groups in total. The molecule has 3 heteroatoms. The number of benzene rings is 1. The lowest BCUT2D eigenvalue weighted by atomic mass is 9.39. The average molecular weight is 381 g/mol. The Bertz CT molecular complexity index is 705. The Labute approximate surface area is 169 Å². The SMILES string of the molecule is CCC12CC3CC(c4ccccc4)(CC(C1)C3C(=O)N[C@H]1CC[C@H](N)CC1)C2. The van der Waals surface area contributed by atoms with Crippen molar-refractivity contribution in [3.8, 4) is 0 Å². The number of nitrogens with two attached hydrogens (primary N) is 1. The summed E-state index contributed by atoms with van der Waals surface area (Å²) in [5.41, 5.74) is 8.37. The molecule has 0 saturated heterocycles. The molecule has 28 heavy (non-hydrogen) atoms. The van der Waals surface area contributed by atoms with Crippen molar-refractivity contribution in [3.63, 3.8) is 0 Å². The van der Waals surface area contributed by atoms with Crippen molar-refractivity contribution in [2.45, 2.75) is 88.6 Å². The van der Waals surface area contributed by atoms with Gasteiger partial charge in [0, 0.05) is 18.0 Å². The van der Waals surface area contributed by atoms with E-state index in [1.807, 2.05) is 0 Å². The van der Waals surface area contributed by atoms with E-state index >= 15 is 0 Å². The van der Waals surface area contributed by atoms with Gasteiger partial charge in [-0.25, -0.2) is 0 Å². The van der Waals surface area contributed by atoms with Crippen LogP contribution in [0, 0.1) is 23.2 Å². The van der Waals surface area contributed by atoms with Crippen molar-refractivity contribution in [2.24, 2.45) is 28.9 Å². The summed E-state index contributed by atoms with van der Waals surface area (Å²) in [7, 11) is 0. The zero-order valence-corrected chi connectivity index (χ0v) is 17.3. The largest absolute Gasteiger partial charge is 0.353 e. The van der Waals surface area contributed by atoms with Crippen molar-refractivity contribution in [3.05, 3.63) is 35.9 Å². The van der Waals surface area contributed by atoms with E-state index in [0.717, 1.165) is 25.7 Å².